The number of hydrogen-bond acceptors (Lipinski definition) is 5. The highest BCUT2D eigenvalue weighted by Gasteiger charge is 2.15. The number of amides is 1. The quantitative estimate of drug-likeness (QED) is 0.749. The van der Waals surface area contributed by atoms with E-state index >= 15 is 0 Å². The van der Waals surface area contributed by atoms with Crippen molar-refractivity contribution in [1.29, 1.82) is 0 Å². The van der Waals surface area contributed by atoms with Crippen molar-refractivity contribution in [1.82, 2.24) is 9.97 Å². The van der Waals surface area contributed by atoms with Crippen LogP contribution in [0.5, 0.6) is 0 Å². The summed E-state index contributed by atoms with van der Waals surface area (Å²) in [6, 6.07) is 5.02. The number of rotatable bonds is 5. The zero-order valence-electron chi connectivity index (χ0n) is 12.9. The summed E-state index contributed by atoms with van der Waals surface area (Å²) in [7, 11) is 0. The van der Waals surface area contributed by atoms with Crippen molar-refractivity contribution in [3.63, 3.8) is 0 Å². The lowest BCUT2D eigenvalue weighted by atomic mass is 10.2. The first-order chi connectivity index (χ1) is 11.1. The zero-order valence-corrected chi connectivity index (χ0v) is 13.8. The number of fused-ring (bicyclic) bond motifs is 1. The number of nitrogens with zero attached hydrogens (tertiary/aromatic N) is 1. The monoisotopic (exact) mass is 331 g/mol. The van der Waals surface area contributed by atoms with Crippen LogP contribution in [-0.4, -0.2) is 15.9 Å². The van der Waals surface area contributed by atoms with E-state index in [2.05, 4.69) is 22.2 Å². The molecule has 0 saturated carbocycles. The molecule has 0 spiro atoms. The van der Waals surface area contributed by atoms with Gasteiger partial charge in [-0.3, -0.25) is 9.78 Å². The molecular formula is C16H17N3O3S. The first-order valence-electron chi connectivity index (χ1n) is 7.47. The molecule has 0 radical (unpaired) electrons. The van der Waals surface area contributed by atoms with Crippen molar-refractivity contribution in [2.45, 2.75) is 33.1 Å². The maximum Gasteiger partial charge on any atom is 0.417 e. The van der Waals surface area contributed by atoms with Gasteiger partial charge in [-0.25, -0.2) is 9.78 Å². The summed E-state index contributed by atoms with van der Waals surface area (Å²) in [6.07, 6.45) is 3.07. The third-order valence-corrected chi connectivity index (χ3v) is 4.68. The molecule has 0 saturated heterocycles. The summed E-state index contributed by atoms with van der Waals surface area (Å²) in [4.78, 5) is 31.2. The highest BCUT2D eigenvalue weighted by Crippen LogP contribution is 2.22. The Morgan fingerprint density at radius 2 is 2.26 bits per heavy atom. The maximum absolute atomic E-state index is 12.4. The molecule has 23 heavy (non-hydrogen) atoms. The Bertz CT molecular complexity index is 907. The topological polar surface area (TPSA) is 88.0 Å². The number of carbonyl (C=O) groups excluding carboxylic acids is 1. The van der Waals surface area contributed by atoms with Crippen LogP contribution in [0.2, 0.25) is 0 Å². The fraction of sp³-hybridized carbons (Fsp3) is 0.312. The van der Waals surface area contributed by atoms with Gasteiger partial charge in [-0.15, -0.1) is 11.3 Å². The maximum atomic E-state index is 12.4. The second-order valence-electron chi connectivity index (χ2n) is 5.31. The fourth-order valence-electron chi connectivity index (χ4n) is 2.32. The summed E-state index contributed by atoms with van der Waals surface area (Å²) in [5.74, 6) is -0.699. The van der Waals surface area contributed by atoms with Gasteiger partial charge in [-0.05, 0) is 38.0 Å². The number of H-pyrrole nitrogens is 1. The molecule has 2 N–H and O–H groups in total. The summed E-state index contributed by atoms with van der Waals surface area (Å²) >= 11 is 1.44. The minimum Gasteiger partial charge on any atom is -0.408 e. The largest absolute Gasteiger partial charge is 0.417 e. The van der Waals surface area contributed by atoms with Crippen LogP contribution >= 0.6 is 11.3 Å². The molecule has 0 aliphatic carbocycles. The molecule has 3 aromatic rings. The Hall–Kier alpha value is -2.41. The number of nitrogens with one attached hydrogen (secondary N) is 2. The number of thiazole rings is 1. The van der Waals surface area contributed by atoms with E-state index in [9.17, 15) is 9.59 Å². The van der Waals surface area contributed by atoms with E-state index in [0.29, 0.717) is 21.7 Å². The van der Waals surface area contributed by atoms with Crippen molar-refractivity contribution in [3.05, 3.63) is 44.3 Å². The van der Waals surface area contributed by atoms with Crippen LogP contribution < -0.4 is 11.1 Å². The van der Waals surface area contributed by atoms with Gasteiger partial charge in [0.25, 0.3) is 5.91 Å². The van der Waals surface area contributed by atoms with Gasteiger partial charge in [0.2, 0.25) is 0 Å². The molecule has 7 heteroatoms. The normalized spacial score (nSPS) is 11.0. The van der Waals surface area contributed by atoms with Crippen LogP contribution in [0.15, 0.2) is 27.4 Å². The van der Waals surface area contributed by atoms with E-state index in [-0.39, 0.29) is 5.91 Å². The molecule has 0 fully saturated rings. The fourth-order valence-corrected chi connectivity index (χ4v) is 3.32. The molecule has 1 amide bonds. The number of anilines is 1. The lowest BCUT2D eigenvalue weighted by Crippen LogP contribution is -2.11. The van der Waals surface area contributed by atoms with Gasteiger partial charge in [-0.2, -0.15) is 0 Å². The van der Waals surface area contributed by atoms with Crippen molar-refractivity contribution in [3.8, 4) is 0 Å². The first kappa shape index (κ1) is 15.5. The number of carbonyl (C=O) groups is 1. The molecule has 1 aromatic carbocycles. The van der Waals surface area contributed by atoms with Gasteiger partial charge < -0.3 is 9.73 Å². The number of aromatic amines is 1. The number of hydrogen-bond donors (Lipinski definition) is 2. The molecule has 3 rings (SSSR count). The summed E-state index contributed by atoms with van der Waals surface area (Å²) < 4.78 is 4.94. The molecule has 0 bridgehead atoms. The second-order valence-corrected chi connectivity index (χ2v) is 6.39. The van der Waals surface area contributed by atoms with E-state index in [1.165, 1.54) is 11.3 Å². The van der Waals surface area contributed by atoms with Crippen LogP contribution in [0.25, 0.3) is 11.1 Å². The molecule has 6 nitrogen and oxygen atoms in total. The predicted octanol–water partition coefficient (Wildman–Crippen LogP) is 3.48. The average Bonchev–Trinajstić information content (AvgIpc) is 3.06. The van der Waals surface area contributed by atoms with Crippen LogP contribution in [0.1, 0.15) is 40.1 Å². The number of oxazole rings is 1. The Morgan fingerprint density at radius 1 is 1.43 bits per heavy atom. The number of aromatic nitrogens is 2. The molecule has 0 atom stereocenters. The molecule has 0 aliphatic rings. The Kier molecular flexibility index (Phi) is 4.29. The van der Waals surface area contributed by atoms with E-state index in [1.54, 1.807) is 18.2 Å². The molecule has 2 heterocycles. The Morgan fingerprint density at radius 3 is 3.04 bits per heavy atom. The van der Waals surface area contributed by atoms with Gasteiger partial charge in [0.1, 0.15) is 4.88 Å². The molecule has 0 unspecified atom stereocenters. The van der Waals surface area contributed by atoms with Crippen molar-refractivity contribution in [2.24, 2.45) is 0 Å². The Labute approximate surface area is 136 Å². The summed E-state index contributed by atoms with van der Waals surface area (Å²) in [5, 5.41) is 3.83. The highest BCUT2D eigenvalue weighted by atomic mass is 32.1. The number of aryl methyl sites for hydroxylation is 2. The smallest absolute Gasteiger partial charge is 0.408 e. The van der Waals surface area contributed by atoms with Gasteiger partial charge in [0.05, 0.1) is 16.2 Å². The average molecular weight is 331 g/mol. The summed E-state index contributed by atoms with van der Waals surface area (Å²) in [5.41, 5.74) is 2.36. The first-order valence-corrected chi connectivity index (χ1v) is 8.29. The van der Waals surface area contributed by atoms with E-state index in [0.717, 1.165) is 30.0 Å². The van der Waals surface area contributed by atoms with E-state index in [4.69, 9.17) is 4.42 Å². The number of unbranched alkanes of at least 4 members (excludes halogenated alkanes) is 1. The lowest BCUT2D eigenvalue weighted by molar-refractivity contribution is 0.103. The standard InChI is InChI=1S/C16H17N3O3S/c1-3-4-5-13-17-9(2)14(23-13)15(20)18-10-6-7-12-11(8-10)19-16(21)22-12/h6-8H,3-5H2,1-2H3,(H,18,20)(H,19,21). The lowest BCUT2D eigenvalue weighted by Gasteiger charge is -2.03. The molecular weight excluding hydrogens is 314 g/mol. The minimum atomic E-state index is -0.512. The Balaban J connectivity index is 1.79. The SMILES string of the molecule is CCCCc1nc(C)c(C(=O)Nc2ccc3oc(=O)[nH]c3c2)s1. The number of benzene rings is 1. The summed E-state index contributed by atoms with van der Waals surface area (Å²) in [6.45, 7) is 3.97. The third-order valence-electron chi connectivity index (χ3n) is 3.47. The highest BCUT2D eigenvalue weighted by molar-refractivity contribution is 7.13. The van der Waals surface area contributed by atoms with Crippen LogP contribution in [0, 0.1) is 6.92 Å². The van der Waals surface area contributed by atoms with Crippen LogP contribution in [0.4, 0.5) is 5.69 Å². The molecule has 2 aromatic heterocycles. The van der Waals surface area contributed by atoms with Crippen LogP contribution in [0.3, 0.4) is 0 Å². The molecule has 0 aliphatic heterocycles. The predicted molar refractivity (Wildman–Crippen MR) is 90.3 cm³/mol. The van der Waals surface area contributed by atoms with Gasteiger partial charge in [-0.1, -0.05) is 13.3 Å². The third kappa shape index (κ3) is 3.34. The van der Waals surface area contributed by atoms with Gasteiger partial charge >= 0.3 is 5.76 Å². The van der Waals surface area contributed by atoms with Gasteiger partial charge in [0, 0.05) is 5.69 Å². The van der Waals surface area contributed by atoms with Crippen molar-refractivity contribution >= 4 is 34.0 Å². The second kappa shape index (κ2) is 6.37. The van der Waals surface area contributed by atoms with Crippen molar-refractivity contribution in [2.75, 3.05) is 5.32 Å². The van der Waals surface area contributed by atoms with E-state index < -0.39 is 5.76 Å². The van der Waals surface area contributed by atoms with E-state index in [1.807, 2.05) is 6.92 Å². The van der Waals surface area contributed by atoms with Crippen LogP contribution in [-0.2, 0) is 6.42 Å². The zero-order chi connectivity index (χ0) is 16.4. The van der Waals surface area contributed by atoms with Crippen molar-refractivity contribution < 1.29 is 9.21 Å². The molecule has 120 valence electrons. The minimum absolute atomic E-state index is 0.187. The van der Waals surface area contributed by atoms with Gasteiger partial charge in [0.15, 0.2) is 5.58 Å².